The molecule has 1 aromatic carbocycles. The number of H-pyrrole nitrogens is 1. The SMILES string of the molecule is [2H]N1C(=O)OC([2H])([2H])[C@]1([2H])C([2H])([2H])c1ccc2c(c1)c(CCN(C)C)cn2[2H]. The van der Waals surface area contributed by atoms with E-state index in [1.165, 1.54) is 23.2 Å². The Morgan fingerprint density at radius 3 is 3.19 bits per heavy atom. The van der Waals surface area contributed by atoms with Gasteiger partial charge in [-0.25, -0.2) is 4.79 Å². The molecular weight excluding hydrogens is 266 g/mol. The van der Waals surface area contributed by atoms with E-state index < -0.39 is 25.0 Å². The summed E-state index contributed by atoms with van der Waals surface area (Å²) in [6, 6.07) is 1.36. The van der Waals surface area contributed by atoms with Crippen LogP contribution in [-0.2, 0) is 17.5 Å². The summed E-state index contributed by atoms with van der Waals surface area (Å²) in [6.45, 7) is -2.32. The second-order valence-corrected chi connectivity index (χ2v) is 5.12. The summed E-state index contributed by atoms with van der Waals surface area (Å²) < 4.78 is 61.1. The van der Waals surface area contributed by atoms with Gasteiger partial charge in [0.25, 0.3) is 0 Å². The Morgan fingerprint density at radius 1 is 1.62 bits per heavy atom. The minimum atomic E-state index is -3.03. The third-order valence-corrected chi connectivity index (χ3v) is 3.23. The van der Waals surface area contributed by atoms with Crippen molar-refractivity contribution in [3.8, 4) is 0 Å². The smallest absolute Gasteiger partial charge is 0.407 e. The van der Waals surface area contributed by atoms with Crippen molar-refractivity contribution >= 4 is 17.0 Å². The van der Waals surface area contributed by atoms with E-state index in [2.05, 4.69) is 4.74 Å². The van der Waals surface area contributed by atoms with Gasteiger partial charge in [0, 0.05) is 26.4 Å². The van der Waals surface area contributed by atoms with Crippen molar-refractivity contribution in [3.05, 3.63) is 35.5 Å². The first-order valence-corrected chi connectivity index (χ1v) is 6.63. The summed E-state index contributed by atoms with van der Waals surface area (Å²) in [4.78, 5) is 14.8. The molecule has 21 heavy (non-hydrogen) atoms. The number of cyclic esters (lactones) is 1. The van der Waals surface area contributed by atoms with Gasteiger partial charge < -0.3 is 19.9 Å². The fraction of sp³-hybridized carbons (Fsp3) is 0.438. The summed E-state index contributed by atoms with van der Waals surface area (Å²) in [5.41, 5.74) is 1.27. The Kier molecular flexibility index (Phi) is 2.16. The number of aromatic nitrogens is 1. The Labute approximate surface area is 134 Å². The van der Waals surface area contributed by atoms with Crippen molar-refractivity contribution in [1.82, 2.24) is 15.2 Å². The highest BCUT2D eigenvalue weighted by Crippen LogP contribution is 2.21. The lowest BCUT2D eigenvalue weighted by atomic mass is 10.0. The topological polar surface area (TPSA) is 57.4 Å². The van der Waals surface area contributed by atoms with E-state index in [0.29, 0.717) is 23.9 Å². The number of hydrogen-bond donors (Lipinski definition) is 2. The molecule has 0 saturated carbocycles. The van der Waals surface area contributed by atoms with Gasteiger partial charge in [0.2, 0.25) is 0 Å². The number of nitrogens with one attached hydrogen (secondary N) is 2. The van der Waals surface area contributed by atoms with Crippen molar-refractivity contribution in [2.75, 3.05) is 27.2 Å². The van der Waals surface area contributed by atoms with Gasteiger partial charge in [-0.1, -0.05) is 6.07 Å². The molecule has 0 unspecified atom stereocenters. The minimum absolute atomic E-state index is 0.0771. The van der Waals surface area contributed by atoms with E-state index in [0.717, 1.165) is 5.56 Å². The Hall–Kier alpha value is -2.01. The zero-order valence-corrected chi connectivity index (χ0v) is 11.9. The van der Waals surface area contributed by atoms with Crippen LogP contribution in [0.1, 0.15) is 18.0 Å². The minimum Gasteiger partial charge on any atom is -0.447 e. The largest absolute Gasteiger partial charge is 0.447 e. The summed E-state index contributed by atoms with van der Waals surface area (Å²) in [7, 11) is 3.83. The number of benzene rings is 1. The monoisotopic (exact) mass is 294 g/mol. The predicted molar refractivity (Wildman–Crippen MR) is 82.5 cm³/mol. The molecule has 2 heterocycles. The predicted octanol–water partition coefficient (Wildman–Crippen LogP) is 1.92. The molecule has 1 aromatic heterocycles. The normalized spacial score (nSPS) is 30.1. The van der Waals surface area contributed by atoms with E-state index in [-0.39, 0.29) is 10.9 Å². The number of aromatic amines is 1. The van der Waals surface area contributed by atoms with Gasteiger partial charge in [0.05, 0.1) is 10.1 Å². The number of likely N-dealkylation sites (N-methyl/N-ethyl adjacent to an activating group) is 1. The fourth-order valence-corrected chi connectivity index (χ4v) is 2.16. The summed E-state index contributed by atoms with van der Waals surface area (Å²) >= 11 is 0. The quantitative estimate of drug-likeness (QED) is 0.886. The van der Waals surface area contributed by atoms with Crippen LogP contribution in [0.3, 0.4) is 0 Å². The van der Waals surface area contributed by atoms with Crippen LogP contribution in [0.15, 0.2) is 24.4 Å². The molecule has 0 spiro atoms. The van der Waals surface area contributed by atoms with Crippen LogP contribution in [-0.4, -0.2) is 49.2 Å². The molecule has 0 radical (unpaired) electrons. The molecular formula is C16H21N3O2. The highest BCUT2D eigenvalue weighted by Gasteiger charge is 2.22. The first-order valence-electron chi connectivity index (χ1n) is 10.0. The van der Waals surface area contributed by atoms with E-state index in [4.69, 9.17) is 9.68 Å². The molecule has 1 atom stereocenters. The van der Waals surface area contributed by atoms with Crippen molar-refractivity contribution in [3.63, 3.8) is 0 Å². The molecule has 5 heteroatoms. The number of hydrogen-bond acceptors (Lipinski definition) is 3. The van der Waals surface area contributed by atoms with Crippen LogP contribution in [0.2, 0.25) is 2.82 Å². The Balaban J connectivity index is 2.12. The molecule has 0 aliphatic carbocycles. The van der Waals surface area contributed by atoms with Gasteiger partial charge in [-0.05, 0) is 50.1 Å². The molecule has 3 rings (SSSR count). The fourth-order valence-electron chi connectivity index (χ4n) is 2.16. The van der Waals surface area contributed by atoms with Crippen molar-refractivity contribution < 1.29 is 19.2 Å². The van der Waals surface area contributed by atoms with E-state index >= 15 is 0 Å². The molecule has 112 valence electrons. The highest BCUT2D eigenvalue weighted by molar-refractivity contribution is 5.84. The van der Waals surface area contributed by atoms with Gasteiger partial charge in [0.1, 0.15) is 6.56 Å². The maximum absolute atomic E-state index is 11.7. The molecule has 1 fully saturated rings. The molecule has 5 nitrogen and oxygen atoms in total. The maximum Gasteiger partial charge on any atom is 0.407 e. The Bertz CT molecular complexity index is 930. The second kappa shape index (κ2) is 5.77. The number of ether oxygens (including phenoxy) is 1. The molecule has 2 aromatic rings. The van der Waals surface area contributed by atoms with Gasteiger partial charge in [-0.2, -0.15) is 0 Å². The average Bonchev–Trinajstić information content (AvgIpc) is 3.00. The summed E-state index contributed by atoms with van der Waals surface area (Å²) in [5.74, 6) is 0. The van der Waals surface area contributed by atoms with Crippen LogP contribution in [0.25, 0.3) is 10.9 Å². The van der Waals surface area contributed by atoms with Crippen molar-refractivity contribution in [1.29, 1.82) is 0 Å². The summed E-state index contributed by atoms with van der Waals surface area (Å²) in [6.07, 6.45) is -1.95. The first-order chi connectivity index (χ1) is 12.8. The second-order valence-electron chi connectivity index (χ2n) is 5.12. The average molecular weight is 294 g/mol. The van der Waals surface area contributed by atoms with Crippen LogP contribution in [0.5, 0.6) is 0 Å². The number of alkyl carbamates (subject to hydrolysis) is 1. The zero-order chi connectivity index (χ0) is 21.1. The van der Waals surface area contributed by atoms with Gasteiger partial charge in [-0.15, -0.1) is 0 Å². The number of fused-ring (bicyclic) bond motifs is 1. The molecule has 2 N–H and O–H groups in total. The molecule has 1 aliphatic heterocycles. The number of carbonyl (C=O) groups is 1. The summed E-state index contributed by atoms with van der Waals surface area (Å²) in [5, 5.41) is 0.504. The lowest BCUT2D eigenvalue weighted by molar-refractivity contribution is 0.177. The molecule has 1 amide bonds. The third-order valence-electron chi connectivity index (χ3n) is 3.23. The van der Waals surface area contributed by atoms with E-state index in [9.17, 15) is 4.79 Å². The van der Waals surface area contributed by atoms with E-state index in [1.54, 1.807) is 6.20 Å². The molecule has 1 aliphatic rings. The third kappa shape index (κ3) is 3.19. The van der Waals surface area contributed by atoms with Gasteiger partial charge >= 0.3 is 6.09 Å². The lowest BCUT2D eigenvalue weighted by Gasteiger charge is -2.09. The first kappa shape index (κ1) is 7.84. The number of carbonyl (C=O) groups excluding carboxylic acids is 1. The highest BCUT2D eigenvalue weighted by atomic mass is 16.6. The number of rotatable bonds is 5. The van der Waals surface area contributed by atoms with Crippen LogP contribution >= 0.6 is 0 Å². The van der Waals surface area contributed by atoms with Crippen LogP contribution in [0, 0.1) is 0 Å². The molecule has 0 bridgehead atoms. The zero-order valence-electron chi connectivity index (χ0n) is 18.9. The van der Waals surface area contributed by atoms with Gasteiger partial charge in [0.15, 0.2) is 2.82 Å². The standard InChI is InChI=1S/C16H21N3O2/c1-19(2)6-5-12-9-17-15-4-3-11(8-14(12)15)7-13-10-21-16(20)18-13/h3-4,8-9,13,17H,5-7,10H2,1-2H3,(H,18,20)/t13-/m0/s1/i7D2,10D2,13D/hD2. The Morgan fingerprint density at radius 2 is 2.48 bits per heavy atom. The number of amides is 1. The number of nitrogens with zero attached hydrogens (tertiary/aromatic N) is 1. The van der Waals surface area contributed by atoms with Crippen molar-refractivity contribution in [2.45, 2.75) is 18.8 Å². The maximum atomic E-state index is 11.7. The van der Waals surface area contributed by atoms with Crippen LogP contribution in [0.4, 0.5) is 4.79 Å². The lowest BCUT2D eigenvalue weighted by Crippen LogP contribution is -2.28. The van der Waals surface area contributed by atoms with Crippen LogP contribution < -0.4 is 5.31 Å². The van der Waals surface area contributed by atoms with Gasteiger partial charge in [-0.3, -0.25) is 0 Å². The molecule has 1 saturated heterocycles. The van der Waals surface area contributed by atoms with Crippen molar-refractivity contribution in [2.24, 2.45) is 0 Å². The van der Waals surface area contributed by atoms with E-state index in [1.807, 2.05) is 19.0 Å².